The number of anilines is 2. The molecule has 0 saturated carbocycles. The molecule has 0 atom stereocenters. The average Bonchev–Trinajstić information content (AvgIpc) is 3.50. The fourth-order valence-corrected chi connectivity index (χ4v) is 6.58. The SMILES string of the molecule is Cn1c(CC(=O)Nc2ccccc2)nnc1SCC(=O)Nc1sc2c(c1C(=O)NCc1ccccc1)CCCC2. The molecule has 206 valence electrons. The van der Waals surface area contributed by atoms with Crippen LogP contribution < -0.4 is 16.0 Å². The number of thioether (sulfide) groups is 1. The van der Waals surface area contributed by atoms with Crippen LogP contribution in [0.4, 0.5) is 10.7 Å². The Labute approximate surface area is 240 Å². The van der Waals surface area contributed by atoms with Crippen molar-refractivity contribution in [2.75, 3.05) is 16.4 Å². The van der Waals surface area contributed by atoms with E-state index in [0.29, 0.717) is 33.8 Å². The lowest BCUT2D eigenvalue weighted by Gasteiger charge is -2.13. The standard InChI is InChI=1S/C29H30N6O3S2/c1-35-23(16-24(36)31-20-12-6-3-7-13-20)33-34-29(35)39-18-25(37)32-28-26(21-14-8-9-15-22(21)40-28)27(38)30-17-19-10-4-2-5-11-19/h2-7,10-13H,8-9,14-18H2,1H3,(H,30,38)(H,31,36)(H,32,37). The number of aromatic nitrogens is 3. The second kappa shape index (κ2) is 12.9. The van der Waals surface area contributed by atoms with Gasteiger partial charge in [0.05, 0.1) is 17.7 Å². The maximum absolute atomic E-state index is 13.3. The summed E-state index contributed by atoms with van der Waals surface area (Å²) in [6, 6.07) is 19.0. The van der Waals surface area contributed by atoms with E-state index in [1.165, 1.54) is 28.0 Å². The van der Waals surface area contributed by atoms with Gasteiger partial charge in [0, 0.05) is 24.2 Å². The highest BCUT2D eigenvalue weighted by Crippen LogP contribution is 2.38. The number of hydrogen-bond donors (Lipinski definition) is 3. The Hall–Kier alpha value is -3.96. The Morgan fingerprint density at radius 2 is 1.65 bits per heavy atom. The maximum atomic E-state index is 13.3. The van der Waals surface area contributed by atoms with Crippen molar-refractivity contribution in [3.05, 3.63) is 88.1 Å². The van der Waals surface area contributed by atoms with Gasteiger partial charge in [0.15, 0.2) is 5.16 Å². The normalized spacial score (nSPS) is 12.4. The summed E-state index contributed by atoms with van der Waals surface area (Å²) in [6.45, 7) is 0.422. The summed E-state index contributed by atoms with van der Waals surface area (Å²) in [7, 11) is 1.77. The van der Waals surface area contributed by atoms with Gasteiger partial charge < -0.3 is 20.5 Å². The van der Waals surface area contributed by atoms with Crippen molar-refractivity contribution in [3.8, 4) is 0 Å². The lowest BCUT2D eigenvalue weighted by Crippen LogP contribution is -2.25. The molecule has 5 rings (SSSR count). The Bertz CT molecular complexity index is 1500. The molecule has 0 bridgehead atoms. The van der Waals surface area contributed by atoms with E-state index in [-0.39, 0.29) is 29.9 Å². The number of thiophene rings is 1. The number of benzene rings is 2. The molecule has 0 aliphatic heterocycles. The van der Waals surface area contributed by atoms with Crippen LogP contribution >= 0.6 is 23.1 Å². The van der Waals surface area contributed by atoms with Crippen LogP contribution in [0.2, 0.25) is 0 Å². The zero-order chi connectivity index (χ0) is 27.9. The largest absolute Gasteiger partial charge is 0.348 e. The average molecular weight is 575 g/mol. The molecule has 11 heteroatoms. The van der Waals surface area contributed by atoms with Gasteiger partial charge in [-0.15, -0.1) is 21.5 Å². The van der Waals surface area contributed by atoms with Crippen molar-refractivity contribution < 1.29 is 14.4 Å². The summed E-state index contributed by atoms with van der Waals surface area (Å²) in [5.41, 5.74) is 3.36. The Kier molecular flexibility index (Phi) is 8.92. The number of fused-ring (bicyclic) bond motifs is 1. The first kappa shape index (κ1) is 27.6. The summed E-state index contributed by atoms with van der Waals surface area (Å²) in [5, 5.41) is 18.3. The van der Waals surface area contributed by atoms with Gasteiger partial charge in [-0.05, 0) is 48.9 Å². The molecule has 1 aliphatic rings. The summed E-state index contributed by atoms with van der Waals surface area (Å²) in [5.74, 6) is -0.00379. The van der Waals surface area contributed by atoms with Gasteiger partial charge >= 0.3 is 0 Å². The third kappa shape index (κ3) is 6.78. The zero-order valence-corrected chi connectivity index (χ0v) is 23.7. The van der Waals surface area contributed by atoms with Gasteiger partial charge in [0.1, 0.15) is 10.8 Å². The predicted molar refractivity (Wildman–Crippen MR) is 158 cm³/mol. The van der Waals surface area contributed by atoms with Crippen LogP contribution in [0.25, 0.3) is 0 Å². The van der Waals surface area contributed by atoms with E-state index in [9.17, 15) is 14.4 Å². The maximum Gasteiger partial charge on any atom is 0.254 e. The molecule has 4 aromatic rings. The molecule has 0 unspecified atom stereocenters. The number of para-hydroxylation sites is 1. The van der Waals surface area contributed by atoms with Crippen LogP contribution in [0.3, 0.4) is 0 Å². The van der Waals surface area contributed by atoms with Crippen LogP contribution in [-0.2, 0) is 42.4 Å². The smallest absolute Gasteiger partial charge is 0.254 e. The van der Waals surface area contributed by atoms with Crippen LogP contribution in [0.1, 0.15) is 45.0 Å². The molecule has 0 saturated heterocycles. The Morgan fingerprint density at radius 1 is 0.925 bits per heavy atom. The van der Waals surface area contributed by atoms with Gasteiger partial charge in [0.25, 0.3) is 5.91 Å². The van der Waals surface area contributed by atoms with E-state index in [4.69, 9.17) is 0 Å². The van der Waals surface area contributed by atoms with Gasteiger partial charge in [-0.25, -0.2) is 0 Å². The third-order valence-corrected chi connectivity index (χ3v) is 8.81. The molecule has 2 aromatic carbocycles. The fraction of sp³-hybridized carbons (Fsp3) is 0.276. The first-order chi connectivity index (χ1) is 19.5. The number of nitrogens with zero attached hydrogens (tertiary/aromatic N) is 3. The van der Waals surface area contributed by atoms with Crippen LogP contribution in [0, 0.1) is 0 Å². The third-order valence-electron chi connectivity index (χ3n) is 6.58. The van der Waals surface area contributed by atoms with Crippen molar-refractivity contribution in [2.24, 2.45) is 7.05 Å². The molecule has 3 N–H and O–H groups in total. The number of carbonyl (C=O) groups is 3. The van der Waals surface area contributed by atoms with E-state index < -0.39 is 0 Å². The monoisotopic (exact) mass is 574 g/mol. The van der Waals surface area contributed by atoms with Crippen molar-refractivity contribution in [1.82, 2.24) is 20.1 Å². The molecule has 2 heterocycles. The minimum atomic E-state index is -0.230. The molecule has 9 nitrogen and oxygen atoms in total. The quantitative estimate of drug-likeness (QED) is 0.238. The van der Waals surface area contributed by atoms with E-state index >= 15 is 0 Å². The highest BCUT2D eigenvalue weighted by molar-refractivity contribution is 7.99. The highest BCUT2D eigenvalue weighted by Gasteiger charge is 2.26. The number of nitrogens with one attached hydrogen (secondary N) is 3. The second-order valence-corrected chi connectivity index (χ2v) is 11.5. The van der Waals surface area contributed by atoms with Crippen molar-refractivity contribution >= 4 is 51.5 Å². The summed E-state index contributed by atoms with van der Waals surface area (Å²) in [4.78, 5) is 39.8. The van der Waals surface area contributed by atoms with Crippen LogP contribution in [0.15, 0.2) is 65.8 Å². The van der Waals surface area contributed by atoms with Crippen molar-refractivity contribution in [1.29, 1.82) is 0 Å². The van der Waals surface area contributed by atoms with Crippen LogP contribution in [0.5, 0.6) is 0 Å². The lowest BCUT2D eigenvalue weighted by molar-refractivity contribution is -0.116. The number of carbonyl (C=O) groups excluding carboxylic acids is 3. The summed E-state index contributed by atoms with van der Waals surface area (Å²) >= 11 is 2.73. The van der Waals surface area contributed by atoms with Crippen molar-refractivity contribution in [2.45, 2.75) is 43.8 Å². The lowest BCUT2D eigenvalue weighted by atomic mass is 9.95. The van der Waals surface area contributed by atoms with E-state index in [1.54, 1.807) is 11.6 Å². The first-order valence-corrected chi connectivity index (χ1v) is 14.9. The van der Waals surface area contributed by atoms with Gasteiger partial charge in [-0.1, -0.05) is 60.3 Å². The number of rotatable bonds is 10. The molecule has 3 amide bonds. The van der Waals surface area contributed by atoms with E-state index in [0.717, 1.165) is 36.8 Å². The number of hydrogen-bond acceptors (Lipinski definition) is 7. The second-order valence-electron chi connectivity index (χ2n) is 9.47. The molecule has 2 aromatic heterocycles. The minimum absolute atomic E-state index is 0.0628. The molecule has 0 radical (unpaired) electrons. The molecule has 1 aliphatic carbocycles. The Balaban J connectivity index is 1.20. The predicted octanol–water partition coefficient (Wildman–Crippen LogP) is 4.60. The molecular formula is C29H30N6O3S2. The van der Waals surface area contributed by atoms with E-state index in [1.807, 2.05) is 60.7 Å². The molecular weight excluding hydrogens is 544 g/mol. The zero-order valence-electron chi connectivity index (χ0n) is 22.1. The van der Waals surface area contributed by atoms with E-state index in [2.05, 4.69) is 26.1 Å². The summed E-state index contributed by atoms with van der Waals surface area (Å²) in [6.07, 6.45) is 3.93. The molecule has 0 spiro atoms. The number of amides is 3. The van der Waals surface area contributed by atoms with Gasteiger partial charge in [0.2, 0.25) is 11.8 Å². The van der Waals surface area contributed by atoms with Gasteiger partial charge in [-0.3, -0.25) is 14.4 Å². The highest BCUT2D eigenvalue weighted by atomic mass is 32.2. The fourth-order valence-electron chi connectivity index (χ4n) is 4.55. The first-order valence-electron chi connectivity index (χ1n) is 13.1. The van der Waals surface area contributed by atoms with Crippen molar-refractivity contribution in [3.63, 3.8) is 0 Å². The Morgan fingerprint density at radius 3 is 2.42 bits per heavy atom. The topological polar surface area (TPSA) is 118 Å². The minimum Gasteiger partial charge on any atom is -0.348 e. The molecule has 0 fully saturated rings. The van der Waals surface area contributed by atoms with Crippen LogP contribution in [-0.4, -0.2) is 38.2 Å². The summed E-state index contributed by atoms with van der Waals surface area (Å²) < 4.78 is 1.72. The number of aryl methyl sites for hydroxylation is 1. The molecule has 40 heavy (non-hydrogen) atoms. The van der Waals surface area contributed by atoms with Gasteiger partial charge in [-0.2, -0.15) is 0 Å².